The molecule has 0 spiro atoms. The number of hydrogen-bond donors (Lipinski definition) is 0. The molecule has 140 valence electrons. The molecule has 0 bridgehead atoms. The van der Waals surface area contributed by atoms with Gasteiger partial charge in [-0.05, 0) is 56.2 Å². The van der Waals surface area contributed by atoms with E-state index in [0.29, 0.717) is 0 Å². The van der Waals surface area contributed by atoms with Crippen molar-refractivity contribution in [3.8, 4) is 5.75 Å². The molecule has 0 N–H and O–H groups in total. The summed E-state index contributed by atoms with van der Waals surface area (Å²) >= 11 is 0. The quantitative estimate of drug-likeness (QED) is 0.838. The van der Waals surface area contributed by atoms with Crippen molar-refractivity contribution in [3.05, 3.63) is 42.0 Å². The van der Waals surface area contributed by atoms with Gasteiger partial charge in [0.05, 0.1) is 13.0 Å². The van der Waals surface area contributed by atoms with Gasteiger partial charge in [0.2, 0.25) is 5.91 Å². The fourth-order valence-corrected chi connectivity index (χ4v) is 3.65. The number of carbonyl (C=O) groups is 1. The molecular formula is C22H30N2O2. The highest BCUT2D eigenvalue weighted by Gasteiger charge is 2.30. The molecule has 1 unspecified atom stereocenters. The molecule has 1 fully saturated rings. The van der Waals surface area contributed by atoms with Gasteiger partial charge in [-0.15, -0.1) is 0 Å². The van der Waals surface area contributed by atoms with Gasteiger partial charge in [0, 0.05) is 31.7 Å². The van der Waals surface area contributed by atoms with Crippen molar-refractivity contribution in [1.82, 2.24) is 9.80 Å². The lowest BCUT2D eigenvalue weighted by Crippen LogP contribution is -2.55. The Morgan fingerprint density at radius 1 is 1.00 bits per heavy atom. The van der Waals surface area contributed by atoms with Crippen LogP contribution in [-0.4, -0.2) is 54.5 Å². The lowest BCUT2D eigenvalue weighted by Gasteiger charge is -2.42. The van der Waals surface area contributed by atoms with Crippen LogP contribution in [0.2, 0.25) is 0 Å². The summed E-state index contributed by atoms with van der Waals surface area (Å²) in [6.07, 6.45) is 0. The maximum Gasteiger partial charge on any atom is 0.229 e. The van der Waals surface area contributed by atoms with Gasteiger partial charge in [0.15, 0.2) is 0 Å². The fraction of sp³-hybridized carbons (Fsp3) is 0.500. The third kappa shape index (κ3) is 3.85. The van der Waals surface area contributed by atoms with Crippen LogP contribution < -0.4 is 4.74 Å². The topological polar surface area (TPSA) is 32.8 Å². The van der Waals surface area contributed by atoms with Crippen LogP contribution in [0.1, 0.15) is 39.2 Å². The zero-order valence-corrected chi connectivity index (χ0v) is 16.6. The third-order valence-electron chi connectivity index (χ3n) is 5.48. The number of nitrogens with zero attached hydrogens (tertiary/aromatic N) is 2. The number of carbonyl (C=O) groups excluding carboxylic acids is 1. The van der Waals surface area contributed by atoms with E-state index in [1.807, 2.05) is 24.0 Å². The summed E-state index contributed by atoms with van der Waals surface area (Å²) in [4.78, 5) is 17.4. The summed E-state index contributed by atoms with van der Waals surface area (Å²) < 4.78 is 5.29. The van der Waals surface area contributed by atoms with Crippen molar-refractivity contribution in [1.29, 1.82) is 0 Å². The molecule has 4 heteroatoms. The van der Waals surface area contributed by atoms with Gasteiger partial charge in [-0.2, -0.15) is 0 Å². The zero-order chi connectivity index (χ0) is 18.9. The van der Waals surface area contributed by atoms with Gasteiger partial charge in [0.25, 0.3) is 0 Å². The molecule has 0 aromatic heterocycles. The van der Waals surface area contributed by atoms with Crippen LogP contribution in [0.15, 0.2) is 36.4 Å². The van der Waals surface area contributed by atoms with Crippen molar-refractivity contribution in [2.45, 2.75) is 39.2 Å². The Balaban J connectivity index is 1.71. The monoisotopic (exact) mass is 354 g/mol. The van der Waals surface area contributed by atoms with Crippen LogP contribution in [0.5, 0.6) is 5.75 Å². The highest BCUT2D eigenvalue weighted by Crippen LogP contribution is 2.27. The molecule has 1 aliphatic heterocycles. The molecule has 2 aromatic carbocycles. The molecule has 0 aliphatic carbocycles. The summed E-state index contributed by atoms with van der Waals surface area (Å²) in [7, 11) is 1.68. The molecular weight excluding hydrogens is 324 g/mol. The second-order valence-corrected chi connectivity index (χ2v) is 8.18. The van der Waals surface area contributed by atoms with Gasteiger partial charge in [-0.1, -0.05) is 24.3 Å². The second kappa shape index (κ2) is 7.28. The van der Waals surface area contributed by atoms with Crippen molar-refractivity contribution >= 4 is 16.7 Å². The Kier molecular flexibility index (Phi) is 5.24. The average molecular weight is 354 g/mol. The average Bonchev–Trinajstić information content (AvgIpc) is 2.65. The Morgan fingerprint density at radius 3 is 2.23 bits per heavy atom. The van der Waals surface area contributed by atoms with E-state index in [9.17, 15) is 4.79 Å². The van der Waals surface area contributed by atoms with Crippen LogP contribution in [0, 0.1) is 0 Å². The van der Waals surface area contributed by atoms with Gasteiger partial charge in [-0.25, -0.2) is 0 Å². The number of rotatable bonds is 3. The summed E-state index contributed by atoms with van der Waals surface area (Å²) in [5.74, 6) is 0.959. The lowest BCUT2D eigenvalue weighted by atomic mass is 9.96. The number of piperazine rings is 1. The van der Waals surface area contributed by atoms with Gasteiger partial charge in [0.1, 0.15) is 5.75 Å². The first kappa shape index (κ1) is 18.7. The van der Waals surface area contributed by atoms with Crippen LogP contribution in [0.4, 0.5) is 0 Å². The Morgan fingerprint density at radius 2 is 1.62 bits per heavy atom. The van der Waals surface area contributed by atoms with E-state index in [2.05, 4.69) is 49.9 Å². The molecule has 1 amide bonds. The van der Waals surface area contributed by atoms with E-state index in [0.717, 1.165) is 48.3 Å². The predicted octanol–water partition coefficient (Wildman–Crippen LogP) is 3.89. The number of fused-ring (bicyclic) bond motifs is 1. The highest BCUT2D eigenvalue weighted by molar-refractivity contribution is 5.88. The third-order valence-corrected chi connectivity index (χ3v) is 5.48. The van der Waals surface area contributed by atoms with Crippen LogP contribution in [0.25, 0.3) is 10.8 Å². The molecule has 1 saturated heterocycles. The summed E-state index contributed by atoms with van der Waals surface area (Å²) in [5.41, 5.74) is 1.24. The molecule has 0 saturated carbocycles. The van der Waals surface area contributed by atoms with Crippen LogP contribution >= 0.6 is 0 Å². The first-order chi connectivity index (χ1) is 12.3. The zero-order valence-electron chi connectivity index (χ0n) is 16.6. The standard InChI is InChI=1S/C22H30N2O2/c1-16(21(25)23-10-12-24(13-11-23)22(2,3)4)17-6-7-19-15-20(26-5)9-8-18(19)14-17/h6-9,14-16H,10-13H2,1-5H3. The molecule has 3 rings (SSSR count). The molecule has 26 heavy (non-hydrogen) atoms. The number of methoxy groups -OCH3 is 1. The molecule has 2 aromatic rings. The minimum Gasteiger partial charge on any atom is -0.497 e. The molecule has 0 radical (unpaired) electrons. The Hall–Kier alpha value is -2.07. The predicted molar refractivity (Wildman–Crippen MR) is 107 cm³/mol. The van der Waals surface area contributed by atoms with Crippen molar-refractivity contribution in [2.75, 3.05) is 33.3 Å². The van der Waals surface area contributed by atoms with Gasteiger partial charge < -0.3 is 9.64 Å². The number of hydrogen-bond acceptors (Lipinski definition) is 3. The molecule has 1 aliphatic rings. The first-order valence-electron chi connectivity index (χ1n) is 9.41. The SMILES string of the molecule is COc1ccc2cc(C(C)C(=O)N3CCN(C(C)(C)C)CC3)ccc2c1. The number of benzene rings is 2. The normalized spacial score (nSPS) is 17.3. The van der Waals surface area contributed by atoms with Crippen molar-refractivity contribution in [2.24, 2.45) is 0 Å². The van der Waals surface area contributed by atoms with E-state index in [4.69, 9.17) is 4.74 Å². The van der Waals surface area contributed by atoms with E-state index in [1.165, 1.54) is 0 Å². The van der Waals surface area contributed by atoms with Crippen LogP contribution in [-0.2, 0) is 4.79 Å². The highest BCUT2D eigenvalue weighted by atomic mass is 16.5. The maximum absolute atomic E-state index is 13.0. The largest absolute Gasteiger partial charge is 0.497 e. The first-order valence-corrected chi connectivity index (χ1v) is 9.41. The maximum atomic E-state index is 13.0. The Labute approximate surface area is 156 Å². The number of ether oxygens (including phenoxy) is 1. The summed E-state index contributed by atoms with van der Waals surface area (Å²) in [6.45, 7) is 12.2. The van der Waals surface area contributed by atoms with E-state index >= 15 is 0 Å². The van der Waals surface area contributed by atoms with E-state index in [-0.39, 0.29) is 17.4 Å². The smallest absolute Gasteiger partial charge is 0.229 e. The fourth-order valence-electron chi connectivity index (χ4n) is 3.65. The number of amides is 1. The van der Waals surface area contributed by atoms with Crippen LogP contribution in [0.3, 0.4) is 0 Å². The van der Waals surface area contributed by atoms with Crippen molar-refractivity contribution in [3.63, 3.8) is 0 Å². The van der Waals surface area contributed by atoms with Gasteiger partial charge >= 0.3 is 0 Å². The Bertz CT molecular complexity index is 786. The summed E-state index contributed by atoms with van der Waals surface area (Å²) in [6, 6.07) is 12.3. The molecule has 1 heterocycles. The summed E-state index contributed by atoms with van der Waals surface area (Å²) in [5, 5.41) is 2.27. The van der Waals surface area contributed by atoms with E-state index in [1.54, 1.807) is 7.11 Å². The minimum atomic E-state index is -0.123. The van der Waals surface area contributed by atoms with E-state index < -0.39 is 0 Å². The van der Waals surface area contributed by atoms with Gasteiger partial charge in [-0.3, -0.25) is 9.69 Å². The minimum absolute atomic E-state index is 0.123. The molecule has 1 atom stereocenters. The molecule has 4 nitrogen and oxygen atoms in total. The van der Waals surface area contributed by atoms with Crippen molar-refractivity contribution < 1.29 is 9.53 Å². The lowest BCUT2D eigenvalue weighted by molar-refractivity contribution is -0.135. The second-order valence-electron chi connectivity index (χ2n) is 8.18.